The Hall–Kier alpha value is -3.71. The van der Waals surface area contributed by atoms with Gasteiger partial charge < -0.3 is 10.4 Å². The first-order chi connectivity index (χ1) is 16.1. The normalized spacial score (nSPS) is 16.7. The van der Waals surface area contributed by atoms with E-state index < -0.39 is 0 Å². The molecule has 2 aromatic heterocycles. The molecule has 2 aromatic carbocycles. The summed E-state index contributed by atoms with van der Waals surface area (Å²) in [6.45, 7) is 4.34. The van der Waals surface area contributed by atoms with E-state index in [0.717, 1.165) is 59.3 Å². The number of nitrogens with zero attached hydrogens (tertiary/aromatic N) is 3. The Balaban J connectivity index is 1.30. The minimum absolute atomic E-state index is 0.0690. The van der Waals surface area contributed by atoms with Crippen molar-refractivity contribution in [1.29, 1.82) is 0 Å². The van der Waals surface area contributed by atoms with Gasteiger partial charge in [0, 0.05) is 53.1 Å². The van der Waals surface area contributed by atoms with Crippen LogP contribution in [0.25, 0.3) is 22.2 Å². The summed E-state index contributed by atoms with van der Waals surface area (Å²) >= 11 is 0. The Morgan fingerprint density at radius 3 is 2.94 bits per heavy atom. The Kier molecular flexibility index (Phi) is 5.79. The van der Waals surface area contributed by atoms with Crippen molar-refractivity contribution in [3.8, 4) is 17.0 Å². The molecule has 0 spiro atoms. The van der Waals surface area contributed by atoms with Crippen LogP contribution in [-0.2, 0) is 6.54 Å². The minimum Gasteiger partial charge on any atom is -0.508 e. The lowest BCUT2D eigenvalue weighted by Gasteiger charge is -2.33. The molecule has 7 nitrogen and oxygen atoms in total. The monoisotopic (exact) mass is 441 g/mol. The number of hydrogen-bond donors (Lipinski definition) is 3. The van der Waals surface area contributed by atoms with E-state index in [-0.39, 0.29) is 11.9 Å². The number of H-pyrrole nitrogens is 1. The van der Waals surface area contributed by atoms with Crippen LogP contribution in [0.2, 0.25) is 0 Å². The molecular formula is C26H27N5O2. The third kappa shape index (κ3) is 4.59. The van der Waals surface area contributed by atoms with E-state index >= 15 is 0 Å². The molecular weight excluding hydrogens is 414 g/mol. The van der Waals surface area contributed by atoms with Gasteiger partial charge in [0.25, 0.3) is 5.91 Å². The number of aryl methyl sites for hydroxylation is 1. The molecule has 1 aliphatic rings. The topological polar surface area (TPSA) is 94.1 Å². The maximum absolute atomic E-state index is 13.1. The van der Waals surface area contributed by atoms with Crippen molar-refractivity contribution in [2.75, 3.05) is 13.1 Å². The molecule has 0 aliphatic carbocycles. The van der Waals surface area contributed by atoms with Gasteiger partial charge >= 0.3 is 0 Å². The fourth-order valence-electron chi connectivity index (χ4n) is 4.54. The molecule has 7 heteroatoms. The first kappa shape index (κ1) is 21.2. The van der Waals surface area contributed by atoms with E-state index in [4.69, 9.17) is 0 Å². The average Bonchev–Trinajstić information content (AvgIpc) is 3.24. The fraction of sp³-hybridized carbons (Fsp3) is 0.269. The summed E-state index contributed by atoms with van der Waals surface area (Å²) in [7, 11) is 0. The second-order valence-corrected chi connectivity index (χ2v) is 8.69. The highest BCUT2D eigenvalue weighted by atomic mass is 16.3. The van der Waals surface area contributed by atoms with Crippen LogP contribution in [-0.4, -0.2) is 50.2 Å². The summed E-state index contributed by atoms with van der Waals surface area (Å²) in [6.07, 6.45) is 3.72. The largest absolute Gasteiger partial charge is 0.508 e. The molecule has 1 aliphatic heterocycles. The van der Waals surface area contributed by atoms with E-state index in [2.05, 4.69) is 25.4 Å². The lowest BCUT2D eigenvalue weighted by atomic mass is 10.0. The number of piperidine rings is 1. The van der Waals surface area contributed by atoms with Gasteiger partial charge in [-0.25, -0.2) is 0 Å². The van der Waals surface area contributed by atoms with Gasteiger partial charge in [0.1, 0.15) is 11.4 Å². The summed E-state index contributed by atoms with van der Waals surface area (Å²) in [6, 6.07) is 17.1. The number of carbonyl (C=O) groups excluding carboxylic acids is 1. The first-order valence-corrected chi connectivity index (χ1v) is 11.3. The number of phenols is 1. The number of para-hydroxylation sites is 1. The number of hydrogen-bond acceptors (Lipinski definition) is 5. The van der Waals surface area contributed by atoms with Gasteiger partial charge in [-0.1, -0.05) is 18.2 Å². The van der Waals surface area contributed by atoms with Crippen LogP contribution in [0.5, 0.6) is 5.75 Å². The SMILES string of the molecule is Cc1cc(-c2n[nH]c3ccc(C(=O)N[C@@H]4CCCN(Cc5ccccc5O)C4)cc23)ccn1. The molecule has 0 radical (unpaired) electrons. The lowest BCUT2D eigenvalue weighted by molar-refractivity contribution is 0.0900. The Labute approximate surface area is 192 Å². The molecule has 1 fully saturated rings. The number of fused-ring (bicyclic) bond motifs is 1. The highest BCUT2D eigenvalue weighted by Crippen LogP contribution is 2.27. The van der Waals surface area contributed by atoms with Crippen molar-refractivity contribution < 1.29 is 9.90 Å². The lowest BCUT2D eigenvalue weighted by Crippen LogP contribution is -2.47. The average molecular weight is 442 g/mol. The highest BCUT2D eigenvalue weighted by Gasteiger charge is 2.23. The van der Waals surface area contributed by atoms with Gasteiger partial charge in [0.05, 0.1) is 5.52 Å². The zero-order chi connectivity index (χ0) is 22.8. The maximum atomic E-state index is 13.1. The van der Waals surface area contributed by atoms with Crippen molar-refractivity contribution in [2.24, 2.45) is 0 Å². The standard InChI is InChI=1S/C26H27N5O2/c1-17-13-18(10-11-27-17)25-22-14-19(8-9-23(22)29-30-25)26(33)28-21-6-4-12-31(16-21)15-20-5-2-3-7-24(20)32/h2-3,5,7-11,13-14,21,32H,4,6,12,15-16H2,1H3,(H,28,33)(H,29,30)/t21-/m1/s1. The van der Waals surface area contributed by atoms with Crippen LogP contribution in [0, 0.1) is 6.92 Å². The predicted octanol–water partition coefficient (Wildman–Crippen LogP) is 4.03. The molecule has 33 heavy (non-hydrogen) atoms. The number of phenolic OH excluding ortho intramolecular Hbond substituents is 1. The number of carbonyl (C=O) groups is 1. The Bertz CT molecular complexity index is 1300. The van der Waals surface area contributed by atoms with Crippen LogP contribution in [0.3, 0.4) is 0 Å². The van der Waals surface area contributed by atoms with Crippen molar-refractivity contribution in [3.63, 3.8) is 0 Å². The second kappa shape index (κ2) is 9.03. The first-order valence-electron chi connectivity index (χ1n) is 11.3. The quantitative estimate of drug-likeness (QED) is 0.435. The van der Waals surface area contributed by atoms with E-state index in [1.54, 1.807) is 12.3 Å². The predicted molar refractivity (Wildman–Crippen MR) is 128 cm³/mol. The number of amides is 1. The summed E-state index contributed by atoms with van der Waals surface area (Å²) in [5.41, 5.74) is 5.13. The summed E-state index contributed by atoms with van der Waals surface area (Å²) in [4.78, 5) is 19.6. The molecule has 5 rings (SSSR count). The maximum Gasteiger partial charge on any atom is 0.251 e. The molecule has 1 saturated heterocycles. The summed E-state index contributed by atoms with van der Waals surface area (Å²) in [5, 5.41) is 21.7. The van der Waals surface area contributed by atoms with E-state index in [9.17, 15) is 9.90 Å². The van der Waals surface area contributed by atoms with Gasteiger partial charge in [-0.3, -0.25) is 19.8 Å². The van der Waals surface area contributed by atoms with Crippen LogP contribution < -0.4 is 5.32 Å². The van der Waals surface area contributed by atoms with Crippen molar-refractivity contribution in [3.05, 3.63) is 77.6 Å². The molecule has 4 aromatic rings. The zero-order valence-electron chi connectivity index (χ0n) is 18.6. The van der Waals surface area contributed by atoms with Crippen LogP contribution in [0.4, 0.5) is 0 Å². The van der Waals surface area contributed by atoms with E-state index in [1.165, 1.54) is 0 Å². The minimum atomic E-state index is -0.0793. The van der Waals surface area contributed by atoms with Crippen LogP contribution >= 0.6 is 0 Å². The van der Waals surface area contributed by atoms with Crippen molar-refractivity contribution >= 4 is 16.8 Å². The number of aromatic nitrogens is 3. The van der Waals surface area contributed by atoms with Gasteiger partial charge in [0.15, 0.2) is 0 Å². The molecule has 3 heterocycles. The number of nitrogens with one attached hydrogen (secondary N) is 2. The number of aromatic hydroxyl groups is 1. The van der Waals surface area contributed by atoms with Gasteiger partial charge in [-0.05, 0) is 62.7 Å². The van der Waals surface area contributed by atoms with Crippen LogP contribution in [0.15, 0.2) is 60.8 Å². The van der Waals surface area contributed by atoms with Gasteiger partial charge in [-0.2, -0.15) is 5.10 Å². The van der Waals surface area contributed by atoms with Crippen molar-refractivity contribution in [1.82, 2.24) is 25.4 Å². The highest BCUT2D eigenvalue weighted by molar-refractivity contribution is 6.01. The second-order valence-electron chi connectivity index (χ2n) is 8.69. The van der Waals surface area contributed by atoms with Crippen molar-refractivity contribution in [2.45, 2.75) is 32.4 Å². The van der Waals surface area contributed by atoms with Gasteiger partial charge in [-0.15, -0.1) is 0 Å². The number of benzene rings is 2. The molecule has 1 amide bonds. The summed E-state index contributed by atoms with van der Waals surface area (Å²) < 4.78 is 0. The van der Waals surface area contributed by atoms with Gasteiger partial charge in [0.2, 0.25) is 0 Å². The molecule has 1 atom stereocenters. The molecule has 0 unspecified atom stereocenters. The smallest absolute Gasteiger partial charge is 0.251 e. The van der Waals surface area contributed by atoms with E-state index in [1.807, 2.05) is 55.5 Å². The molecule has 168 valence electrons. The number of aromatic amines is 1. The third-order valence-corrected chi connectivity index (χ3v) is 6.22. The Morgan fingerprint density at radius 1 is 1.21 bits per heavy atom. The fourth-order valence-corrected chi connectivity index (χ4v) is 4.54. The van der Waals surface area contributed by atoms with Crippen LogP contribution in [0.1, 0.15) is 34.5 Å². The molecule has 0 saturated carbocycles. The number of likely N-dealkylation sites (tertiary alicyclic amines) is 1. The summed E-state index contributed by atoms with van der Waals surface area (Å²) in [5.74, 6) is 0.238. The Morgan fingerprint density at radius 2 is 2.09 bits per heavy atom. The molecule has 0 bridgehead atoms. The number of pyridine rings is 1. The number of rotatable bonds is 5. The molecule has 3 N–H and O–H groups in total. The van der Waals surface area contributed by atoms with E-state index in [0.29, 0.717) is 17.9 Å². The third-order valence-electron chi connectivity index (χ3n) is 6.22. The zero-order valence-corrected chi connectivity index (χ0v) is 18.6.